The summed E-state index contributed by atoms with van der Waals surface area (Å²) in [6.07, 6.45) is 0. The molecule has 12 heavy (non-hydrogen) atoms. The van der Waals surface area contributed by atoms with Crippen LogP contribution < -0.4 is 5.73 Å². The molecule has 1 fully saturated rings. The van der Waals surface area contributed by atoms with Crippen molar-refractivity contribution in [3.63, 3.8) is 0 Å². The van der Waals surface area contributed by atoms with Gasteiger partial charge in [-0.1, -0.05) is 13.8 Å². The molecule has 1 aliphatic rings. The molecular weight excluding hydrogens is 152 g/mol. The molecule has 0 spiro atoms. The average Bonchev–Trinajstić information content (AvgIpc) is 1.95. The molecular formula is C9H18N2O. The first-order valence-electron chi connectivity index (χ1n) is 4.56. The maximum Gasteiger partial charge on any atom is 0.226 e. The zero-order chi connectivity index (χ0) is 9.30. The molecule has 3 heteroatoms. The van der Waals surface area contributed by atoms with Gasteiger partial charge in [-0.2, -0.15) is 0 Å². The van der Waals surface area contributed by atoms with Crippen LogP contribution in [0.3, 0.4) is 0 Å². The highest BCUT2D eigenvalue weighted by atomic mass is 16.2. The molecule has 0 saturated carbocycles. The standard InChI is InChI=1S/C9H18N2O/c1-6-4-11(5-6)9(12)7(2)8(3)10/h6-8H,4-5,10H2,1-3H3. The van der Waals surface area contributed by atoms with Crippen LogP contribution in [0.4, 0.5) is 0 Å². The molecule has 2 N–H and O–H groups in total. The molecule has 0 aromatic heterocycles. The fourth-order valence-electron chi connectivity index (χ4n) is 1.39. The number of carbonyl (C=O) groups is 1. The lowest BCUT2D eigenvalue weighted by Crippen LogP contribution is -2.52. The van der Waals surface area contributed by atoms with Gasteiger partial charge in [0.15, 0.2) is 0 Å². The maximum atomic E-state index is 11.6. The number of hydrogen-bond donors (Lipinski definition) is 1. The molecule has 2 unspecified atom stereocenters. The van der Waals surface area contributed by atoms with E-state index in [1.807, 2.05) is 18.7 Å². The van der Waals surface area contributed by atoms with Crippen molar-refractivity contribution in [1.82, 2.24) is 4.90 Å². The van der Waals surface area contributed by atoms with Crippen molar-refractivity contribution in [3.05, 3.63) is 0 Å². The van der Waals surface area contributed by atoms with E-state index in [0.717, 1.165) is 13.1 Å². The Morgan fingerprint density at radius 1 is 1.50 bits per heavy atom. The molecule has 0 aromatic carbocycles. The lowest BCUT2D eigenvalue weighted by molar-refractivity contribution is -0.141. The van der Waals surface area contributed by atoms with E-state index in [-0.39, 0.29) is 17.9 Å². The Morgan fingerprint density at radius 3 is 2.33 bits per heavy atom. The summed E-state index contributed by atoms with van der Waals surface area (Å²) in [5.41, 5.74) is 5.64. The van der Waals surface area contributed by atoms with E-state index in [1.165, 1.54) is 0 Å². The molecule has 0 bridgehead atoms. The van der Waals surface area contributed by atoms with Gasteiger partial charge in [0, 0.05) is 19.1 Å². The van der Waals surface area contributed by atoms with Gasteiger partial charge >= 0.3 is 0 Å². The molecule has 0 aromatic rings. The van der Waals surface area contributed by atoms with Crippen molar-refractivity contribution < 1.29 is 4.79 Å². The monoisotopic (exact) mass is 170 g/mol. The molecule has 70 valence electrons. The van der Waals surface area contributed by atoms with Gasteiger partial charge in [-0.3, -0.25) is 4.79 Å². The van der Waals surface area contributed by atoms with Crippen molar-refractivity contribution in [2.24, 2.45) is 17.6 Å². The lowest BCUT2D eigenvalue weighted by Gasteiger charge is -2.39. The Morgan fingerprint density at radius 2 is 2.00 bits per heavy atom. The topological polar surface area (TPSA) is 46.3 Å². The van der Waals surface area contributed by atoms with Crippen molar-refractivity contribution >= 4 is 5.91 Å². The third-order valence-corrected chi connectivity index (χ3v) is 2.55. The van der Waals surface area contributed by atoms with Crippen molar-refractivity contribution in [2.75, 3.05) is 13.1 Å². The number of hydrogen-bond acceptors (Lipinski definition) is 2. The highest BCUT2D eigenvalue weighted by Gasteiger charge is 2.31. The Kier molecular flexibility index (Phi) is 2.73. The molecule has 2 atom stereocenters. The molecule has 1 amide bonds. The molecule has 1 aliphatic heterocycles. The van der Waals surface area contributed by atoms with Gasteiger partial charge in [-0.15, -0.1) is 0 Å². The van der Waals surface area contributed by atoms with Crippen LogP contribution >= 0.6 is 0 Å². The van der Waals surface area contributed by atoms with E-state index in [4.69, 9.17) is 5.73 Å². The van der Waals surface area contributed by atoms with E-state index in [2.05, 4.69) is 6.92 Å². The fourth-order valence-corrected chi connectivity index (χ4v) is 1.39. The Hall–Kier alpha value is -0.570. The first-order valence-corrected chi connectivity index (χ1v) is 4.56. The molecule has 0 radical (unpaired) electrons. The molecule has 3 nitrogen and oxygen atoms in total. The normalized spacial score (nSPS) is 23.2. The first-order chi connectivity index (χ1) is 5.52. The number of nitrogens with two attached hydrogens (primary N) is 1. The maximum absolute atomic E-state index is 11.6. The quantitative estimate of drug-likeness (QED) is 0.654. The number of carbonyl (C=O) groups excluding carboxylic acids is 1. The minimum atomic E-state index is -0.0339. The van der Waals surface area contributed by atoms with Crippen LogP contribution in [-0.2, 0) is 4.79 Å². The number of nitrogens with zero attached hydrogens (tertiary/aromatic N) is 1. The van der Waals surface area contributed by atoms with Crippen molar-refractivity contribution in [3.8, 4) is 0 Å². The first kappa shape index (κ1) is 9.52. The van der Waals surface area contributed by atoms with Crippen molar-refractivity contribution in [2.45, 2.75) is 26.8 Å². The van der Waals surface area contributed by atoms with Gasteiger partial charge in [0.05, 0.1) is 5.92 Å². The van der Waals surface area contributed by atoms with E-state index < -0.39 is 0 Å². The minimum absolute atomic E-state index is 0.0301. The fraction of sp³-hybridized carbons (Fsp3) is 0.889. The number of rotatable bonds is 2. The predicted molar refractivity (Wildman–Crippen MR) is 48.6 cm³/mol. The van der Waals surface area contributed by atoms with Gasteiger partial charge in [0.2, 0.25) is 5.91 Å². The summed E-state index contributed by atoms with van der Waals surface area (Å²) >= 11 is 0. The van der Waals surface area contributed by atoms with E-state index >= 15 is 0 Å². The highest BCUT2D eigenvalue weighted by Crippen LogP contribution is 2.18. The highest BCUT2D eigenvalue weighted by molar-refractivity contribution is 5.79. The number of amides is 1. The second-order valence-corrected chi connectivity index (χ2v) is 4.00. The summed E-state index contributed by atoms with van der Waals surface area (Å²) in [7, 11) is 0. The van der Waals surface area contributed by atoms with Crippen LogP contribution in [0.5, 0.6) is 0 Å². The minimum Gasteiger partial charge on any atom is -0.342 e. The third kappa shape index (κ3) is 1.78. The average molecular weight is 170 g/mol. The van der Waals surface area contributed by atoms with Gasteiger partial charge in [0.1, 0.15) is 0 Å². The second-order valence-electron chi connectivity index (χ2n) is 4.00. The smallest absolute Gasteiger partial charge is 0.226 e. The molecule has 1 heterocycles. The zero-order valence-corrected chi connectivity index (χ0v) is 8.08. The van der Waals surface area contributed by atoms with Crippen LogP contribution in [0, 0.1) is 11.8 Å². The van der Waals surface area contributed by atoms with Crippen LogP contribution in [0.25, 0.3) is 0 Å². The van der Waals surface area contributed by atoms with E-state index in [0.29, 0.717) is 5.92 Å². The molecule has 1 saturated heterocycles. The van der Waals surface area contributed by atoms with E-state index in [1.54, 1.807) is 0 Å². The molecule has 0 aliphatic carbocycles. The molecule has 1 rings (SSSR count). The van der Waals surface area contributed by atoms with Crippen LogP contribution in [0.15, 0.2) is 0 Å². The summed E-state index contributed by atoms with van der Waals surface area (Å²) in [4.78, 5) is 13.4. The number of likely N-dealkylation sites (tertiary alicyclic amines) is 1. The van der Waals surface area contributed by atoms with Crippen molar-refractivity contribution in [1.29, 1.82) is 0 Å². The summed E-state index contributed by atoms with van der Waals surface area (Å²) < 4.78 is 0. The van der Waals surface area contributed by atoms with E-state index in [9.17, 15) is 4.79 Å². The Bertz CT molecular complexity index is 173. The summed E-state index contributed by atoms with van der Waals surface area (Å²) in [6.45, 7) is 7.76. The predicted octanol–water partition coefficient (Wildman–Crippen LogP) is 0.448. The van der Waals surface area contributed by atoms with Gasteiger partial charge in [-0.05, 0) is 12.8 Å². The lowest BCUT2D eigenvalue weighted by atomic mass is 9.97. The van der Waals surface area contributed by atoms with Gasteiger partial charge < -0.3 is 10.6 Å². The van der Waals surface area contributed by atoms with Gasteiger partial charge in [-0.25, -0.2) is 0 Å². The summed E-state index contributed by atoms with van der Waals surface area (Å²) in [6, 6.07) is -0.0339. The third-order valence-electron chi connectivity index (χ3n) is 2.55. The summed E-state index contributed by atoms with van der Waals surface area (Å²) in [5, 5.41) is 0. The zero-order valence-electron chi connectivity index (χ0n) is 8.08. The van der Waals surface area contributed by atoms with Crippen LogP contribution in [0.2, 0.25) is 0 Å². The van der Waals surface area contributed by atoms with Crippen LogP contribution in [-0.4, -0.2) is 29.9 Å². The Balaban J connectivity index is 2.38. The van der Waals surface area contributed by atoms with Crippen LogP contribution in [0.1, 0.15) is 20.8 Å². The largest absolute Gasteiger partial charge is 0.342 e. The summed E-state index contributed by atoms with van der Waals surface area (Å²) in [5.74, 6) is 0.856. The Labute approximate surface area is 73.9 Å². The second kappa shape index (κ2) is 3.44. The SMILES string of the molecule is CC1CN(C(=O)C(C)C(C)N)C1. The van der Waals surface area contributed by atoms with Gasteiger partial charge in [0.25, 0.3) is 0 Å².